The zero-order chi connectivity index (χ0) is 29.1. The van der Waals surface area contributed by atoms with Gasteiger partial charge in [-0.15, -0.1) is 0 Å². The molecule has 5 heterocycles. The van der Waals surface area contributed by atoms with Crippen LogP contribution in [0.5, 0.6) is 0 Å². The summed E-state index contributed by atoms with van der Waals surface area (Å²) in [5, 5.41) is 2.41. The first-order valence-corrected chi connectivity index (χ1v) is 13.3. The zero-order valence-electron chi connectivity index (χ0n) is 22.4. The fraction of sp³-hybridized carbons (Fsp3) is 0.345. The van der Waals surface area contributed by atoms with Gasteiger partial charge < -0.3 is 16.0 Å². The van der Waals surface area contributed by atoms with Crippen molar-refractivity contribution in [2.45, 2.75) is 51.2 Å². The highest BCUT2D eigenvalue weighted by Crippen LogP contribution is 2.43. The minimum Gasteiger partial charge on any atom is -0.382 e. The first-order valence-electron chi connectivity index (χ1n) is 13.3. The molecule has 2 aliphatic heterocycles. The number of anilines is 2. The molecule has 4 aromatic rings. The first kappa shape index (κ1) is 26.7. The van der Waals surface area contributed by atoms with Crippen molar-refractivity contribution in [2.24, 2.45) is 5.41 Å². The Balaban J connectivity index is 1.28. The smallest absolute Gasteiger partial charge is 0.382 e. The number of hydrogen-bond donors (Lipinski definition) is 2. The number of amides is 2. The number of halogens is 3. The van der Waals surface area contributed by atoms with Gasteiger partial charge in [-0.2, -0.15) is 13.2 Å². The van der Waals surface area contributed by atoms with Crippen LogP contribution in [0.1, 0.15) is 60.8 Å². The van der Waals surface area contributed by atoms with Crippen LogP contribution in [0, 0.1) is 5.41 Å². The van der Waals surface area contributed by atoms with Gasteiger partial charge in [0.15, 0.2) is 0 Å². The second kappa shape index (κ2) is 9.57. The van der Waals surface area contributed by atoms with E-state index >= 15 is 0 Å². The summed E-state index contributed by atoms with van der Waals surface area (Å²) in [5.41, 5.74) is 7.17. The zero-order valence-corrected chi connectivity index (χ0v) is 22.4. The van der Waals surface area contributed by atoms with Crippen LogP contribution in [-0.4, -0.2) is 48.7 Å². The van der Waals surface area contributed by atoms with E-state index in [2.05, 4.69) is 15.3 Å². The van der Waals surface area contributed by atoms with E-state index in [0.717, 1.165) is 43.4 Å². The Morgan fingerprint density at radius 2 is 1.85 bits per heavy atom. The molecular formula is C29H28F3N7O2. The lowest BCUT2D eigenvalue weighted by atomic mass is 9.87. The van der Waals surface area contributed by atoms with Crippen LogP contribution in [-0.2, 0) is 11.0 Å². The number of fused-ring (bicyclic) bond motifs is 2. The van der Waals surface area contributed by atoms with Crippen molar-refractivity contribution in [3.8, 4) is 11.3 Å². The summed E-state index contributed by atoms with van der Waals surface area (Å²) in [6, 6.07) is 8.40. The predicted molar refractivity (Wildman–Crippen MR) is 146 cm³/mol. The molecule has 2 saturated heterocycles. The highest BCUT2D eigenvalue weighted by molar-refractivity contribution is 6.04. The van der Waals surface area contributed by atoms with Gasteiger partial charge in [0, 0.05) is 53.6 Å². The number of rotatable bonds is 4. The van der Waals surface area contributed by atoms with Crippen molar-refractivity contribution in [3.63, 3.8) is 0 Å². The number of nitrogens with two attached hydrogens (primary N) is 1. The Bertz CT molecular complexity index is 1660. The van der Waals surface area contributed by atoms with Gasteiger partial charge >= 0.3 is 6.18 Å². The Morgan fingerprint density at radius 1 is 1.10 bits per heavy atom. The summed E-state index contributed by atoms with van der Waals surface area (Å²) in [7, 11) is 0. The van der Waals surface area contributed by atoms with Crippen molar-refractivity contribution in [1.29, 1.82) is 0 Å². The molecule has 0 spiro atoms. The monoisotopic (exact) mass is 563 g/mol. The lowest BCUT2D eigenvalue weighted by molar-refractivity contribution is -0.138. The average Bonchev–Trinajstić information content (AvgIpc) is 3.43. The molecule has 6 rings (SSSR count). The molecule has 41 heavy (non-hydrogen) atoms. The Morgan fingerprint density at radius 3 is 2.59 bits per heavy atom. The van der Waals surface area contributed by atoms with Gasteiger partial charge in [0.1, 0.15) is 28.7 Å². The van der Waals surface area contributed by atoms with Gasteiger partial charge in [-0.3, -0.25) is 14.0 Å². The fourth-order valence-corrected chi connectivity index (χ4v) is 5.98. The van der Waals surface area contributed by atoms with Crippen molar-refractivity contribution in [2.75, 3.05) is 17.6 Å². The van der Waals surface area contributed by atoms with Gasteiger partial charge in [0.2, 0.25) is 5.91 Å². The largest absolute Gasteiger partial charge is 0.416 e. The van der Waals surface area contributed by atoms with Crippen LogP contribution in [0.15, 0.2) is 55.0 Å². The third kappa shape index (κ3) is 4.76. The van der Waals surface area contributed by atoms with Crippen LogP contribution in [0.2, 0.25) is 0 Å². The number of nitrogen functional groups attached to an aromatic ring is 1. The molecule has 0 aliphatic carbocycles. The minimum absolute atomic E-state index is 0.0113. The summed E-state index contributed by atoms with van der Waals surface area (Å²) in [6.07, 6.45) is 2.50. The Hall–Kier alpha value is -4.48. The molecule has 2 fully saturated rings. The summed E-state index contributed by atoms with van der Waals surface area (Å²) in [4.78, 5) is 40.8. The normalized spacial score (nSPS) is 20.3. The molecule has 3 aromatic heterocycles. The van der Waals surface area contributed by atoms with Crippen LogP contribution in [0.25, 0.3) is 16.8 Å². The number of carbonyl (C=O) groups excluding carboxylic acids is 2. The number of piperidine rings is 1. The predicted octanol–water partition coefficient (Wildman–Crippen LogP) is 5.15. The fourth-order valence-electron chi connectivity index (χ4n) is 5.98. The summed E-state index contributed by atoms with van der Waals surface area (Å²) < 4.78 is 41.0. The molecule has 3 N–H and O–H groups in total. The number of benzene rings is 1. The van der Waals surface area contributed by atoms with Gasteiger partial charge in [-0.05, 0) is 43.5 Å². The van der Waals surface area contributed by atoms with Gasteiger partial charge in [-0.1, -0.05) is 26.0 Å². The number of alkyl halides is 3. The maximum atomic E-state index is 13.0. The molecule has 2 aliphatic rings. The quantitative estimate of drug-likeness (QED) is 0.355. The number of nitrogens with zero attached hydrogens (tertiary/aromatic N) is 5. The third-order valence-electron chi connectivity index (χ3n) is 8.02. The molecule has 0 radical (unpaired) electrons. The second-order valence-corrected chi connectivity index (χ2v) is 11.3. The number of pyridine rings is 1. The van der Waals surface area contributed by atoms with E-state index in [1.807, 2.05) is 29.3 Å². The Labute approximate surface area is 233 Å². The van der Waals surface area contributed by atoms with Crippen molar-refractivity contribution < 1.29 is 22.8 Å². The standard InChI is InChI=1S/C29H28F3N7O2/c1-28(2)14-20-8-7-18(15-39(20)27(28)41)25-37-22(23-24(33)35-11-12-38(23)25)16-3-5-17(6-4-16)26(40)36-21-13-19(9-10-34-21)29(30,31)32/h3-6,9-13,18,20H,7-8,14-15H2,1-2H3,(H2,33,35)(H,34,36,40)/t18-,20+/m0/s1. The molecule has 12 heteroatoms. The number of carbonyl (C=O) groups is 2. The van der Waals surface area contributed by atoms with Crippen molar-refractivity contribution >= 4 is 29.0 Å². The van der Waals surface area contributed by atoms with Gasteiger partial charge in [0.05, 0.1) is 5.56 Å². The number of nitrogens with one attached hydrogen (secondary N) is 1. The number of imidazole rings is 1. The molecular weight excluding hydrogens is 535 g/mol. The van der Waals surface area contributed by atoms with E-state index in [0.29, 0.717) is 29.1 Å². The van der Waals surface area contributed by atoms with E-state index in [4.69, 9.17) is 10.7 Å². The van der Waals surface area contributed by atoms with Crippen LogP contribution in [0.4, 0.5) is 24.8 Å². The number of hydrogen-bond acceptors (Lipinski definition) is 6. The van der Waals surface area contributed by atoms with Crippen LogP contribution >= 0.6 is 0 Å². The molecule has 2 atom stereocenters. The van der Waals surface area contributed by atoms with Crippen molar-refractivity contribution in [1.82, 2.24) is 24.3 Å². The third-order valence-corrected chi connectivity index (χ3v) is 8.02. The van der Waals surface area contributed by atoms with E-state index < -0.39 is 17.6 Å². The maximum Gasteiger partial charge on any atom is 0.416 e. The number of aromatic nitrogens is 4. The average molecular weight is 564 g/mol. The molecule has 212 valence electrons. The topological polar surface area (TPSA) is 119 Å². The summed E-state index contributed by atoms with van der Waals surface area (Å²) >= 11 is 0. The summed E-state index contributed by atoms with van der Waals surface area (Å²) in [5.74, 6) is 0.464. The van der Waals surface area contributed by atoms with E-state index in [9.17, 15) is 22.8 Å². The molecule has 0 saturated carbocycles. The highest BCUT2D eigenvalue weighted by Gasteiger charge is 2.48. The first-order chi connectivity index (χ1) is 19.4. The second-order valence-electron chi connectivity index (χ2n) is 11.3. The van der Waals surface area contributed by atoms with Gasteiger partial charge in [0.25, 0.3) is 5.91 Å². The highest BCUT2D eigenvalue weighted by atomic mass is 19.4. The van der Waals surface area contributed by atoms with Gasteiger partial charge in [-0.25, -0.2) is 15.0 Å². The molecule has 9 nitrogen and oxygen atoms in total. The van der Waals surface area contributed by atoms with E-state index in [1.165, 1.54) is 0 Å². The van der Waals surface area contributed by atoms with E-state index in [1.54, 1.807) is 30.5 Å². The molecule has 0 unspecified atom stereocenters. The molecule has 2 amide bonds. The van der Waals surface area contributed by atoms with Crippen LogP contribution < -0.4 is 11.1 Å². The van der Waals surface area contributed by atoms with Crippen LogP contribution in [0.3, 0.4) is 0 Å². The summed E-state index contributed by atoms with van der Waals surface area (Å²) in [6.45, 7) is 4.58. The lowest BCUT2D eigenvalue weighted by Crippen LogP contribution is -2.42. The Kier molecular flexibility index (Phi) is 6.24. The minimum atomic E-state index is -4.55. The molecule has 1 aromatic carbocycles. The lowest BCUT2D eigenvalue weighted by Gasteiger charge is -2.34. The maximum absolute atomic E-state index is 13.0. The SMILES string of the molecule is CC1(C)C[C@H]2CC[C@H](c3nc(-c4ccc(C(=O)Nc5cc(C(F)(F)F)ccn5)cc4)c4c(N)nccn34)CN2C1=O. The van der Waals surface area contributed by atoms with E-state index in [-0.39, 0.29) is 34.7 Å². The molecule has 0 bridgehead atoms. The van der Waals surface area contributed by atoms with Crippen molar-refractivity contribution in [3.05, 3.63) is 71.9 Å².